The molecule has 0 aliphatic heterocycles. The van der Waals surface area contributed by atoms with Gasteiger partial charge in [0.2, 0.25) is 0 Å². The van der Waals surface area contributed by atoms with E-state index in [4.69, 9.17) is 24.0 Å². The van der Waals surface area contributed by atoms with Gasteiger partial charge in [0.1, 0.15) is 33.9 Å². The van der Waals surface area contributed by atoms with Crippen LogP contribution in [0.3, 0.4) is 0 Å². The molecule has 0 bridgehead atoms. The number of rotatable bonds is 0. The molecular weight excluding hydrogens is 268 g/mol. The Morgan fingerprint density at radius 1 is 0.333 bits per heavy atom. The van der Waals surface area contributed by atoms with Crippen molar-refractivity contribution in [2.45, 2.75) is 44.6 Å². The first-order chi connectivity index (χ1) is 5.00. The van der Waals surface area contributed by atoms with E-state index in [2.05, 4.69) is 0 Å². The third kappa shape index (κ3) is 17900. The molecule has 0 aromatic heterocycles. The Balaban J connectivity index is -0.00000000142. The largest absolute Gasteiger partial charge is 0.412 e. The summed E-state index contributed by atoms with van der Waals surface area (Å²) in [4.78, 5) is 40.0. The first kappa shape index (κ1) is 231. The maximum absolute atomic E-state index is 8.00. The van der Waals surface area contributed by atoms with Gasteiger partial charge in [-0.2, -0.15) is 0 Å². The van der Waals surface area contributed by atoms with E-state index in [9.17, 15) is 0 Å². The van der Waals surface area contributed by atoms with Crippen molar-refractivity contribution in [1.82, 2.24) is 0 Å². The Hall–Kier alpha value is -0.430. The van der Waals surface area contributed by atoms with Crippen molar-refractivity contribution < 1.29 is 67.2 Å². The quantitative estimate of drug-likeness (QED) is 0.679. The summed E-state index contributed by atoms with van der Waals surface area (Å²) in [5.74, 6) is 0. The second-order valence-electron chi connectivity index (χ2n) is 0. The molecule has 2 N–H and O–H groups in total. The van der Waals surface area contributed by atoms with Crippen LogP contribution in [0.1, 0.15) is 44.6 Å². The van der Waals surface area contributed by atoms with Gasteiger partial charge in [-0.3, -0.25) is 0 Å². The van der Waals surface area contributed by atoms with Crippen molar-refractivity contribution in [3.63, 3.8) is 0 Å². The molecule has 7 heteroatoms. The molecule has 0 fully saturated rings. The summed E-state index contributed by atoms with van der Waals surface area (Å²) in [5.41, 5.74) is 0. The third-order valence-electron chi connectivity index (χ3n) is 0. The minimum atomic E-state index is 0. The summed E-state index contributed by atoms with van der Waals surface area (Å²) >= 11 is 0. The van der Waals surface area contributed by atoms with Gasteiger partial charge in [0.15, 0.2) is 0 Å². The van der Waals surface area contributed by atoms with Gasteiger partial charge >= 0.3 is 0 Å². The van der Waals surface area contributed by atoms with Crippen LogP contribution in [0.5, 0.6) is 0 Å². The summed E-state index contributed by atoms with van der Waals surface area (Å²) in [6.45, 7) is 10.0. The van der Waals surface area contributed by atoms with Gasteiger partial charge in [-0.1, -0.05) is 44.6 Å². The van der Waals surface area contributed by atoms with E-state index in [-0.39, 0.29) is 87.8 Å². The maximum Gasteiger partial charge on any atom is 0.106 e. The summed E-state index contributed by atoms with van der Waals surface area (Å²) in [6.07, 6.45) is 0. The predicted molar refractivity (Wildman–Crippen MR) is 79.6 cm³/mol. The minimum absolute atomic E-state index is 0. The molecule has 18 heavy (non-hydrogen) atoms. The summed E-state index contributed by atoms with van der Waals surface area (Å²) < 4.78 is 0. The molecule has 0 spiro atoms. The van der Waals surface area contributed by atoms with E-state index in [1.807, 2.05) is 33.9 Å². The zero-order valence-electron chi connectivity index (χ0n) is 6.43. The summed E-state index contributed by atoms with van der Waals surface area (Å²) in [7, 11) is 0. The van der Waals surface area contributed by atoms with E-state index >= 15 is 0 Å². The SMILES string of the molecule is C.C.C.C.C.C.C=O.C=O.C=O.C=O.C=O.O.[Ar]. The Morgan fingerprint density at radius 2 is 0.333 bits per heavy atom. The molecule has 0 aliphatic carbocycles. The molecule has 0 radical (unpaired) electrons. The van der Waals surface area contributed by atoms with Crippen molar-refractivity contribution >= 4 is 33.9 Å². The summed E-state index contributed by atoms with van der Waals surface area (Å²) in [5, 5.41) is 0. The van der Waals surface area contributed by atoms with Crippen molar-refractivity contribution in [2.75, 3.05) is 0 Å². The normalized spacial score (nSPS) is 1.11. The zero-order chi connectivity index (χ0) is 10.0. The molecule has 0 rings (SSSR count). The van der Waals surface area contributed by atoms with E-state index in [0.717, 1.165) is 0 Å². The second-order valence-corrected chi connectivity index (χ2v) is 0. The molecular formula is C11H36ArO6. The van der Waals surface area contributed by atoms with Crippen LogP contribution in [-0.2, 0) is 24.0 Å². The molecule has 0 aromatic carbocycles. The van der Waals surface area contributed by atoms with Gasteiger partial charge in [0, 0.05) is 37.7 Å². The van der Waals surface area contributed by atoms with E-state index in [0.29, 0.717) is 0 Å². The maximum atomic E-state index is 8.00. The average Bonchev–Trinajstić information content (AvgIpc) is 2.20. The van der Waals surface area contributed by atoms with E-state index < -0.39 is 0 Å². The minimum Gasteiger partial charge on any atom is -0.412 e. The van der Waals surface area contributed by atoms with Gasteiger partial charge < -0.3 is 29.4 Å². The fourth-order valence-corrected chi connectivity index (χ4v) is 0. The van der Waals surface area contributed by atoms with E-state index in [1.165, 1.54) is 0 Å². The van der Waals surface area contributed by atoms with Crippen LogP contribution in [0.15, 0.2) is 0 Å². The van der Waals surface area contributed by atoms with Gasteiger partial charge in [-0.25, -0.2) is 0 Å². The Morgan fingerprint density at radius 3 is 0.333 bits per heavy atom. The van der Waals surface area contributed by atoms with Gasteiger partial charge in [0.25, 0.3) is 0 Å². The molecule has 0 aliphatic rings. The molecule has 124 valence electrons. The number of hydrogen-bond donors (Lipinski definition) is 0. The van der Waals surface area contributed by atoms with Crippen LogP contribution in [0.25, 0.3) is 0 Å². The van der Waals surface area contributed by atoms with Gasteiger partial charge in [-0.15, -0.1) is 0 Å². The molecule has 0 heterocycles. The number of hydrogen-bond acceptors (Lipinski definition) is 5. The molecule has 0 unspecified atom stereocenters. The Kier molecular flexibility index (Phi) is 278000. The van der Waals surface area contributed by atoms with Crippen LogP contribution in [0.4, 0.5) is 0 Å². The first-order valence-corrected chi connectivity index (χ1v) is 1.44. The van der Waals surface area contributed by atoms with Crippen LogP contribution in [-0.4, -0.2) is 39.4 Å². The molecule has 6 nitrogen and oxygen atoms in total. The monoisotopic (exact) mass is 304 g/mol. The molecule has 0 atom stereocenters. The second kappa shape index (κ2) is 21700. The fraction of sp³-hybridized carbons (Fsp3) is 0.545. The first-order valence-electron chi connectivity index (χ1n) is 1.44. The van der Waals surface area contributed by atoms with Gasteiger partial charge in [0.05, 0.1) is 0 Å². The van der Waals surface area contributed by atoms with E-state index in [1.54, 1.807) is 0 Å². The topological polar surface area (TPSA) is 117 Å². The average molecular weight is 304 g/mol. The van der Waals surface area contributed by atoms with Crippen LogP contribution in [0, 0.1) is 37.7 Å². The molecule has 0 saturated carbocycles. The number of carbonyl (C=O) groups is 5. The Bertz CT molecular complexity index is 33.1. The molecule has 0 aromatic rings. The third-order valence-corrected chi connectivity index (χ3v) is 0. The number of carbonyl (C=O) groups excluding carboxylic acids is 5. The van der Waals surface area contributed by atoms with Crippen molar-refractivity contribution in [3.8, 4) is 0 Å². The summed E-state index contributed by atoms with van der Waals surface area (Å²) in [6, 6.07) is 0. The van der Waals surface area contributed by atoms with Crippen molar-refractivity contribution in [3.05, 3.63) is 0 Å². The van der Waals surface area contributed by atoms with Crippen LogP contribution < -0.4 is 0 Å². The predicted octanol–water partition coefficient (Wildman–Crippen LogP) is 2.07. The molecule has 0 saturated heterocycles. The zero-order valence-corrected chi connectivity index (χ0v) is 7.14. The van der Waals surface area contributed by atoms with Gasteiger partial charge in [-0.05, 0) is 0 Å². The smallest absolute Gasteiger partial charge is 0.106 e. The molecule has 0 amide bonds. The van der Waals surface area contributed by atoms with Crippen LogP contribution >= 0.6 is 0 Å². The van der Waals surface area contributed by atoms with Crippen molar-refractivity contribution in [2.24, 2.45) is 0 Å². The van der Waals surface area contributed by atoms with Crippen molar-refractivity contribution in [1.29, 1.82) is 0 Å². The Labute approximate surface area is 145 Å². The standard InChI is InChI=1S/5CH2O.6CH4.Ar.H2O/c5*1-2;;;;;;;;/h5*1H2;6*1H4;;1H2. The fourth-order valence-electron chi connectivity index (χ4n) is 0. The van der Waals surface area contributed by atoms with Crippen LogP contribution in [0.2, 0.25) is 0 Å².